The van der Waals surface area contributed by atoms with Crippen molar-refractivity contribution in [1.29, 1.82) is 0 Å². The molecule has 1 aromatic rings. The van der Waals surface area contributed by atoms with Gasteiger partial charge in [0.15, 0.2) is 0 Å². The normalized spacial score (nSPS) is 22.7. The van der Waals surface area contributed by atoms with E-state index in [9.17, 15) is 0 Å². The van der Waals surface area contributed by atoms with Crippen LogP contribution in [-0.4, -0.2) is 10.5 Å². The van der Waals surface area contributed by atoms with Crippen LogP contribution in [0.3, 0.4) is 0 Å². The topological polar surface area (TPSA) is 37.3 Å². The van der Waals surface area contributed by atoms with Crippen LogP contribution in [0.2, 0.25) is 5.02 Å². The average Bonchev–Trinajstić information content (AvgIpc) is 2.14. The minimum absolute atomic E-state index is 0.803. The van der Waals surface area contributed by atoms with Gasteiger partial charge in [0.2, 0.25) is 0 Å². The van der Waals surface area contributed by atoms with Crippen LogP contribution in [0.25, 0.3) is 0 Å². The predicted octanol–water partition coefficient (Wildman–Crippen LogP) is 4.76. The summed E-state index contributed by atoms with van der Waals surface area (Å²) in [5.74, 6) is 1.72. The van der Waals surface area contributed by atoms with Gasteiger partial charge in [0, 0.05) is 16.6 Å². The summed E-state index contributed by atoms with van der Waals surface area (Å²) in [4.78, 5) is 8.77. The molecule has 1 fully saturated rings. The van der Waals surface area contributed by atoms with E-state index in [1.165, 1.54) is 18.4 Å². The fraction of sp³-hybridized carbons (Fsp3) is 0.417. The van der Waals surface area contributed by atoms with E-state index in [-0.39, 0.29) is 0 Å². The van der Waals surface area contributed by atoms with E-state index in [2.05, 4.69) is 30.7 Å². The van der Waals surface area contributed by atoms with Crippen LogP contribution in [0.1, 0.15) is 31.2 Å². The number of carbonyl (C=O) groups is 1. The van der Waals surface area contributed by atoms with Gasteiger partial charge in [0.1, 0.15) is 0 Å². The molecule has 16 heavy (non-hydrogen) atoms. The molecular formula is C12H14Cl2O2. The first-order chi connectivity index (χ1) is 7.49. The molecule has 1 saturated carbocycles. The summed E-state index contributed by atoms with van der Waals surface area (Å²) in [5.41, 5.74) is 0.0949. The van der Waals surface area contributed by atoms with Crippen LogP contribution in [0.15, 0.2) is 24.3 Å². The molecule has 1 N–H and O–H groups in total. The van der Waals surface area contributed by atoms with Gasteiger partial charge < -0.3 is 5.11 Å². The lowest BCUT2D eigenvalue weighted by Gasteiger charge is -2.33. The second-order valence-electron chi connectivity index (χ2n) is 4.08. The maximum absolute atomic E-state index is 8.77. The van der Waals surface area contributed by atoms with Gasteiger partial charge in [-0.05, 0) is 42.4 Å². The summed E-state index contributed by atoms with van der Waals surface area (Å²) in [6.45, 7) is 2.31. The number of benzene rings is 1. The second kappa shape index (κ2) is 6.12. The van der Waals surface area contributed by atoms with Crippen LogP contribution in [0.5, 0.6) is 0 Å². The summed E-state index contributed by atoms with van der Waals surface area (Å²) < 4.78 is 0. The molecular weight excluding hydrogens is 247 g/mol. The fourth-order valence-electron chi connectivity index (χ4n) is 1.91. The van der Waals surface area contributed by atoms with Crippen molar-refractivity contribution in [3.05, 3.63) is 34.9 Å². The van der Waals surface area contributed by atoms with Crippen molar-refractivity contribution in [2.24, 2.45) is 5.92 Å². The molecule has 1 aliphatic carbocycles. The monoisotopic (exact) mass is 260 g/mol. The second-order valence-corrected chi connectivity index (χ2v) is 4.84. The van der Waals surface area contributed by atoms with Crippen molar-refractivity contribution in [3.8, 4) is 0 Å². The molecule has 4 heteroatoms. The summed E-state index contributed by atoms with van der Waals surface area (Å²) >= 11 is 10.00. The Hall–Kier alpha value is -0.730. The van der Waals surface area contributed by atoms with Crippen LogP contribution < -0.4 is 0 Å². The smallest absolute Gasteiger partial charge is 0.401 e. The first-order valence-corrected chi connectivity index (χ1v) is 5.88. The van der Waals surface area contributed by atoms with Crippen molar-refractivity contribution in [2.75, 3.05) is 0 Å². The van der Waals surface area contributed by atoms with Crippen molar-refractivity contribution >= 4 is 28.6 Å². The molecule has 88 valence electrons. The Kier molecular flexibility index (Phi) is 5.10. The van der Waals surface area contributed by atoms with Crippen LogP contribution in [0.4, 0.5) is 4.79 Å². The molecule has 0 aromatic heterocycles. The first-order valence-electron chi connectivity index (χ1n) is 5.13. The Morgan fingerprint density at radius 3 is 2.12 bits per heavy atom. The van der Waals surface area contributed by atoms with Crippen molar-refractivity contribution in [1.82, 2.24) is 0 Å². The molecule has 1 aromatic carbocycles. The van der Waals surface area contributed by atoms with E-state index < -0.39 is 5.43 Å². The van der Waals surface area contributed by atoms with Gasteiger partial charge in [-0.2, -0.15) is 0 Å². The molecule has 0 bridgehead atoms. The lowest BCUT2D eigenvalue weighted by Crippen LogP contribution is -2.18. The minimum Gasteiger partial charge on any atom is -0.469 e. The van der Waals surface area contributed by atoms with Gasteiger partial charge in [-0.3, -0.25) is 0 Å². The highest BCUT2D eigenvalue weighted by atomic mass is 35.5. The molecule has 0 heterocycles. The van der Waals surface area contributed by atoms with E-state index in [1.807, 2.05) is 12.1 Å². The molecule has 2 nitrogen and oxygen atoms in total. The first kappa shape index (κ1) is 13.3. The van der Waals surface area contributed by atoms with Crippen LogP contribution >= 0.6 is 23.2 Å². The molecule has 0 spiro atoms. The highest BCUT2D eigenvalue weighted by molar-refractivity contribution is 6.60. The van der Waals surface area contributed by atoms with Crippen molar-refractivity contribution < 1.29 is 9.90 Å². The number of carboxylic acid groups (broad SMARTS) is 1. The maximum Gasteiger partial charge on any atom is 0.401 e. The van der Waals surface area contributed by atoms with E-state index in [1.54, 1.807) is 0 Å². The number of hydrogen-bond donors (Lipinski definition) is 1. The maximum atomic E-state index is 8.77. The molecule has 0 atom stereocenters. The number of rotatable bonds is 1. The molecule has 0 aliphatic heterocycles. The van der Waals surface area contributed by atoms with Gasteiger partial charge in [-0.25, -0.2) is 4.79 Å². The average molecular weight is 261 g/mol. The summed E-state index contributed by atoms with van der Waals surface area (Å²) in [5, 5.41) is 8.02. The number of halogens is 2. The number of hydrogen-bond acceptors (Lipinski definition) is 1. The molecule has 0 radical (unpaired) electrons. The Morgan fingerprint density at radius 1 is 1.31 bits per heavy atom. The summed E-state index contributed by atoms with van der Waals surface area (Å²) in [6, 6.07) is 8.28. The van der Waals surface area contributed by atoms with Crippen molar-refractivity contribution in [2.45, 2.75) is 25.7 Å². The van der Waals surface area contributed by atoms with E-state index in [0.29, 0.717) is 0 Å². The third-order valence-corrected chi connectivity index (χ3v) is 2.97. The van der Waals surface area contributed by atoms with Gasteiger partial charge >= 0.3 is 5.43 Å². The zero-order chi connectivity index (χ0) is 12.1. The van der Waals surface area contributed by atoms with Gasteiger partial charge in [-0.1, -0.05) is 30.7 Å². The highest BCUT2D eigenvalue weighted by Crippen LogP contribution is 2.41. The fourth-order valence-corrected chi connectivity index (χ4v) is 2.04. The van der Waals surface area contributed by atoms with E-state index in [4.69, 9.17) is 21.5 Å². The Bertz CT molecular complexity index is 339. The SMILES string of the molecule is CC1CC(c2ccc(Cl)cc2)C1.O=C(O)Cl. The van der Waals surface area contributed by atoms with Gasteiger partial charge in [0.05, 0.1) is 0 Å². The minimum atomic E-state index is -1.36. The third-order valence-electron chi connectivity index (χ3n) is 2.72. The molecule has 1 aliphatic rings. The van der Waals surface area contributed by atoms with E-state index in [0.717, 1.165) is 16.9 Å². The molecule has 2 rings (SSSR count). The standard InChI is InChI=1S/C11H13Cl.CHClO2/c1-8-6-10(7-8)9-2-4-11(12)5-3-9;2-1(3)4/h2-5,8,10H,6-7H2,1H3;(H,3,4). The molecule has 0 unspecified atom stereocenters. The summed E-state index contributed by atoms with van der Waals surface area (Å²) in [6.07, 6.45) is 2.70. The van der Waals surface area contributed by atoms with Gasteiger partial charge in [-0.15, -0.1) is 0 Å². The third kappa shape index (κ3) is 4.42. The summed E-state index contributed by atoms with van der Waals surface area (Å²) in [7, 11) is 0. The zero-order valence-electron chi connectivity index (χ0n) is 8.99. The lowest BCUT2D eigenvalue weighted by molar-refractivity contribution is 0.220. The largest absolute Gasteiger partial charge is 0.469 e. The zero-order valence-corrected chi connectivity index (χ0v) is 10.5. The molecule has 0 saturated heterocycles. The van der Waals surface area contributed by atoms with Crippen molar-refractivity contribution in [3.63, 3.8) is 0 Å². The van der Waals surface area contributed by atoms with E-state index >= 15 is 0 Å². The molecule has 0 amide bonds. The van der Waals surface area contributed by atoms with Gasteiger partial charge in [0.25, 0.3) is 0 Å². The quantitative estimate of drug-likeness (QED) is 0.740. The predicted molar refractivity (Wildman–Crippen MR) is 66.5 cm³/mol. The van der Waals surface area contributed by atoms with Crippen LogP contribution in [-0.2, 0) is 0 Å². The highest BCUT2D eigenvalue weighted by Gasteiger charge is 2.26. The Balaban J connectivity index is 0.000000280. The Labute approximate surface area is 105 Å². The lowest BCUT2D eigenvalue weighted by atomic mass is 9.72. The van der Waals surface area contributed by atoms with Crippen LogP contribution in [0, 0.1) is 5.92 Å². The Morgan fingerprint density at radius 2 is 1.75 bits per heavy atom.